The van der Waals surface area contributed by atoms with E-state index in [0.717, 1.165) is 0 Å². The van der Waals surface area contributed by atoms with Gasteiger partial charge in [0.1, 0.15) is 0 Å². The Labute approximate surface area is 309 Å². The number of rotatable bonds is 3. The van der Waals surface area contributed by atoms with Gasteiger partial charge in [0.15, 0.2) is 0 Å². The number of benzene rings is 10. The lowest BCUT2D eigenvalue weighted by molar-refractivity contribution is 0.666. The molecule has 0 N–H and O–H groups in total. The summed E-state index contributed by atoms with van der Waals surface area (Å²) < 4.78 is 0. The molecule has 0 spiro atoms. The number of fused-ring (bicyclic) bond motifs is 11. The minimum atomic E-state index is -0.165. The van der Waals surface area contributed by atoms with Gasteiger partial charge in [-0.1, -0.05) is 196 Å². The summed E-state index contributed by atoms with van der Waals surface area (Å²) in [6.07, 6.45) is 0. The molecule has 11 rings (SSSR count). The molecule has 0 unspecified atom stereocenters. The van der Waals surface area contributed by atoms with Crippen molar-refractivity contribution in [1.29, 1.82) is 0 Å². The summed E-state index contributed by atoms with van der Waals surface area (Å²) in [5.41, 5.74) is 13.1. The second-order valence-corrected chi connectivity index (χ2v) is 15.1. The van der Waals surface area contributed by atoms with E-state index in [-0.39, 0.29) is 5.41 Å². The lowest BCUT2D eigenvalue weighted by atomic mass is 9.79. The first-order chi connectivity index (χ1) is 26.1. The van der Waals surface area contributed by atoms with E-state index in [9.17, 15) is 0 Å². The maximum atomic E-state index is 2.42. The van der Waals surface area contributed by atoms with Crippen LogP contribution in [0.4, 0.5) is 0 Å². The van der Waals surface area contributed by atoms with Gasteiger partial charge in [0.25, 0.3) is 0 Å². The Bertz CT molecular complexity index is 3060. The van der Waals surface area contributed by atoms with Crippen molar-refractivity contribution < 1.29 is 0 Å². The molecular weight excluding hydrogens is 637 g/mol. The zero-order chi connectivity index (χ0) is 35.3. The van der Waals surface area contributed by atoms with E-state index in [2.05, 4.69) is 196 Å². The van der Waals surface area contributed by atoms with E-state index < -0.39 is 0 Å². The van der Waals surface area contributed by atoms with Crippen molar-refractivity contribution in [3.05, 3.63) is 193 Å². The van der Waals surface area contributed by atoms with E-state index in [1.54, 1.807) is 0 Å². The molecular formula is C53H36. The van der Waals surface area contributed by atoms with Crippen LogP contribution >= 0.6 is 0 Å². The third-order valence-corrected chi connectivity index (χ3v) is 12.0. The molecule has 0 radical (unpaired) electrons. The Balaban J connectivity index is 1.19. The summed E-state index contributed by atoms with van der Waals surface area (Å²) in [5.74, 6) is 0. The van der Waals surface area contributed by atoms with Gasteiger partial charge in [0.2, 0.25) is 0 Å². The molecule has 0 aliphatic heterocycles. The fourth-order valence-electron chi connectivity index (χ4n) is 9.76. The van der Waals surface area contributed by atoms with Crippen molar-refractivity contribution in [2.24, 2.45) is 0 Å². The molecule has 248 valence electrons. The van der Waals surface area contributed by atoms with Gasteiger partial charge in [0.05, 0.1) is 0 Å². The smallest absolute Gasteiger partial charge is 0.0165 e. The maximum Gasteiger partial charge on any atom is 0.0165 e. The van der Waals surface area contributed by atoms with Crippen LogP contribution in [-0.4, -0.2) is 0 Å². The summed E-state index contributed by atoms with van der Waals surface area (Å²) in [5, 5.41) is 13.0. The van der Waals surface area contributed by atoms with Gasteiger partial charge in [0, 0.05) is 5.41 Å². The van der Waals surface area contributed by atoms with E-state index in [4.69, 9.17) is 0 Å². The third kappa shape index (κ3) is 4.24. The molecule has 0 fully saturated rings. The Morgan fingerprint density at radius 2 is 0.717 bits per heavy atom. The third-order valence-electron chi connectivity index (χ3n) is 12.0. The Morgan fingerprint density at radius 1 is 0.283 bits per heavy atom. The summed E-state index contributed by atoms with van der Waals surface area (Å²) in [7, 11) is 0. The monoisotopic (exact) mass is 672 g/mol. The first kappa shape index (κ1) is 30.2. The Hall–Kier alpha value is -6.50. The second kappa shape index (κ2) is 11.2. The molecule has 0 heteroatoms. The Kier molecular flexibility index (Phi) is 6.40. The van der Waals surface area contributed by atoms with Crippen molar-refractivity contribution in [3.8, 4) is 44.5 Å². The van der Waals surface area contributed by atoms with Crippen molar-refractivity contribution in [3.63, 3.8) is 0 Å². The molecule has 0 aromatic heterocycles. The topological polar surface area (TPSA) is 0 Å². The fourth-order valence-corrected chi connectivity index (χ4v) is 9.76. The molecule has 53 heavy (non-hydrogen) atoms. The van der Waals surface area contributed by atoms with Gasteiger partial charge >= 0.3 is 0 Å². The van der Waals surface area contributed by atoms with Crippen LogP contribution in [0.25, 0.3) is 98.4 Å². The average Bonchev–Trinajstić information content (AvgIpc) is 3.47. The largest absolute Gasteiger partial charge is 0.0616 e. The molecule has 0 bridgehead atoms. The van der Waals surface area contributed by atoms with Crippen molar-refractivity contribution in [1.82, 2.24) is 0 Å². The summed E-state index contributed by atoms with van der Waals surface area (Å²) in [4.78, 5) is 0. The van der Waals surface area contributed by atoms with Crippen LogP contribution in [0.1, 0.15) is 25.0 Å². The van der Waals surface area contributed by atoms with Crippen LogP contribution < -0.4 is 0 Å². The molecule has 0 saturated carbocycles. The highest BCUT2D eigenvalue weighted by Gasteiger charge is 2.40. The predicted molar refractivity (Wildman–Crippen MR) is 228 cm³/mol. The van der Waals surface area contributed by atoms with Crippen molar-refractivity contribution in [2.45, 2.75) is 19.3 Å². The standard InChI is InChI=1S/C53H36/c1-53(2)47-28-14-27-46(50(47)51-40-20-7-5-18-38(40)39-19-6-12-25-45(39)52(51)53)49-43-23-10-8-21-41(43)48(42-22-9-11-24-44(42)49)35-31-29-34(30-32-35)37-26-13-16-33-15-3-4-17-36(33)37/h3-32H,1-2H3. The quantitative estimate of drug-likeness (QED) is 0.129. The summed E-state index contributed by atoms with van der Waals surface area (Å²) >= 11 is 0. The van der Waals surface area contributed by atoms with Crippen LogP contribution in [-0.2, 0) is 5.41 Å². The van der Waals surface area contributed by atoms with E-state index in [0.29, 0.717) is 0 Å². The highest BCUT2D eigenvalue weighted by Crippen LogP contribution is 2.58. The first-order valence-corrected chi connectivity index (χ1v) is 18.7. The van der Waals surface area contributed by atoms with Gasteiger partial charge in [-0.25, -0.2) is 0 Å². The summed E-state index contributed by atoms with van der Waals surface area (Å²) in [6, 6.07) is 67.7. The van der Waals surface area contributed by atoms with Crippen LogP contribution in [0.3, 0.4) is 0 Å². The molecule has 1 aliphatic rings. The van der Waals surface area contributed by atoms with Crippen molar-refractivity contribution in [2.75, 3.05) is 0 Å². The fraction of sp³-hybridized carbons (Fsp3) is 0.0566. The maximum absolute atomic E-state index is 2.42. The van der Waals surface area contributed by atoms with Crippen LogP contribution in [0, 0.1) is 0 Å². The number of hydrogen-bond acceptors (Lipinski definition) is 0. The minimum Gasteiger partial charge on any atom is -0.0616 e. The SMILES string of the molecule is CC1(C)c2cccc(-c3c4ccccc4c(-c4ccc(-c5cccc6ccccc56)cc4)c4ccccc34)c2-c2c1c1ccccc1c1ccccc21. The van der Waals surface area contributed by atoms with Crippen LogP contribution in [0.15, 0.2) is 182 Å². The highest BCUT2D eigenvalue weighted by atomic mass is 14.4. The zero-order valence-corrected chi connectivity index (χ0v) is 29.8. The molecule has 0 heterocycles. The normalized spacial score (nSPS) is 13.2. The van der Waals surface area contributed by atoms with Gasteiger partial charge in [-0.2, -0.15) is 0 Å². The predicted octanol–water partition coefficient (Wildman–Crippen LogP) is 14.8. The number of hydrogen-bond donors (Lipinski definition) is 0. The highest BCUT2D eigenvalue weighted by molar-refractivity contribution is 6.25. The molecule has 0 nitrogen and oxygen atoms in total. The lowest BCUT2D eigenvalue weighted by Crippen LogP contribution is -2.15. The van der Waals surface area contributed by atoms with Gasteiger partial charge in [-0.3, -0.25) is 0 Å². The van der Waals surface area contributed by atoms with Crippen molar-refractivity contribution >= 4 is 53.9 Å². The zero-order valence-electron chi connectivity index (χ0n) is 29.8. The van der Waals surface area contributed by atoms with E-state index in [1.807, 2.05) is 0 Å². The van der Waals surface area contributed by atoms with Gasteiger partial charge in [-0.15, -0.1) is 0 Å². The van der Waals surface area contributed by atoms with E-state index in [1.165, 1.54) is 109 Å². The molecule has 0 amide bonds. The molecule has 0 atom stereocenters. The lowest BCUT2D eigenvalue weighted by Gasteiger charge is -2.24. The molecule has 10 aromatic carbocycles. The summed E-state index contributed by atoms with van der Waals surface area (Å²) in [6.45, 7) is 4.84. The average molecular weight is 673 g/mol. The van der Waals surface area contributed by atoms with Crippen LogP contribution in [0.5, 0.6) is 0 Å². The first-order valence-electron chi connectivity index (χ1n) is 18.7. The second-order valence-electron chi connectivity index (χ2n) is 15.1. The van der Waals surface area contributed by atoms with Crippen LogP contribution in [0.2, 0.25) is 0 Å². The van der Waals surface area contributed by atoms with Gasteiger partial charge < -0.3 is 0 Å². The molecule has 10 aromatic rings. The molecule has 1 aliphatic carbocycles. The Morgan fingerprint density at radius 3 is 1.36 bits per heavy atom. The minimum absolute atomic E-state index is 0.165. The van der Waals surface area contributed by atoms with E-state index >= 15 is 0 Å². The van der Waals surface area contributed by atoms with Gasteiger partial charge in [-0.05, 0) is 109 Å². The molecule has 0 saturated heterocycles.